The van der Waals surface area contributed by atoms with E-state index >= 15 is 0 Å². The van der Waals surface area contributed by atoms with E-state index in [1.54, 1.807) is 41.5 Å². The fourth-order valence-electron chi connectivity index (χ4n) is 10.3. The summed E-state index contributed by atoms with van der Waals surface area (Å²) in [6.07, 6.45) is 0.117. The summed E-state index contributed by atoms with van der Waals surface area (Å²) in [5, 5.41) is 61.4. The van der Waals surface area contributed by atoms with Crippen molar-refractivity contribution < 1.29 is 97.1 Å². The molecule has 3 fully saturated rings. The maximum Gasteiger partial charge on any atom is 0.326 e. The number of primary amides is 1. The first-order valence-corrected chi connectivity index (χ1v) is 30.9. The van der Waals surface area contributed by atoms with Gasteiger partial charge in [-0.3, -0.25) is 71.9 Å². The molecule has 0 aromatic heterocycles. The third-order valence-electron chi connectivity index (χ3n) is 15.4. The molecular weight excluding hydrogens is 1210 g/mol. The van der Waals surface area contributed by atoms with E-state index in [0.29, 0.717) is 32.2 Å². The number of amides is 12. The molecule has 34 heteroatoms. The van der Waals surface area contributed by atoms with E-state index in [1.807, 2.05) is 5.32 Å². The fourth-order valence-corrected chi connectivity index (χ4v) is 10.3. The fraction of sp³-hybridized carbons (Fsp3) is 0.724. The smallest absolute Gasteiger partial charge is 0.326 e. The van der Waals surface area contributed by atoms with Crippen LogP contribution in [-0.4, -0.2) is 224 Å². The summed E-state index contributed by atoms with van der Waals surface area (Å²) in [6.45, 7) is 14.6. The van der Waals surface area contributed by atoms with Gasteiger partial charge in [0.15, 0.2) is 0 Å². The number of hydrogen-bond donors (Lipinski definition) is 16. The van der Waals surface area contributed by atoms with Gasteiger partial charge in [-0.15, -0.1) is 0 Å². The van der Waals surface area contributed by atoms with Crippen LogP contribution in [0.25, 0.3) is 0 Å². The molecular formula is C58H96N14O20. The van der Waals surface area contributed by atoms with Crippen LogP contribution >= 0.6 is 0 Å². The van der Waals surface area contributed by atoms with Gasteiger partial charge in [-0.1, -0.05) is 41.5 Å². The highest BCUT2D eigenvalue weighted by molar-refractivity contribution is 6.00. The monoisotopic (exact) mass is 1310 g/mol. The van der Waals surface area contributed by atoms with E-state index in [9.17, 15) is 82.1 Å². The number of hydrogen-bond acceptors (Lipinski definition) is 18. The lowest BCUT2D eigenvalue weighted by Gasteiger charge is -2.34. The molecule has 0 bridgehead atoms. The Morgan fingerprint density at radius 1 is 0.467 bits per heavy atom. The average molecular weight is 1310 g/mol. The lowest BCUT2D eigenvalue weighted by atomic mass is 9.98. The normalized spacial score (nSPS) is 18.9. The van der Waals surface area contributed by atoms with Crippen LogP contribution in [0, 0.1) is 17.8 Å². The van der Waals surface area contributed by atoms with E-state index < -0.39 is 205 Å². The Bertz CT molecular complexity index is 2650. The molecule has 3 rings (SSSR count). The lowest BCUT2D eigenvalue weighted by Crippen LogP contribution is -2.62. The zero-order chi connectivity index (χ0) is 69.9. The van der Waals surface area contributed by atoms with Crippen LogP contribution in [0.2, 0.25) is 0 Å². The van der Waals surface area contributed by atoms with Crippen molar-refractivity contribution in [2.45, 2.75) is 225 Å². The van der Waals surface area contributed by atoms with Gasteiger partial charge >= 0.3 is 17.9 Å². The molecule has 0 aliphatic carbocycles. The number of carboxylic acids is 4. The third kappa shape index (κ3) is 26.3. The highest BCUT2D eigenvalue weighted by atomic mass is 16.4. The number of carbonyl (C=O) groups is 16. The molecule has 3 aliphatic heterocycles. The van der Waals surface area contributed by atoms with Crippen molar-refractivity contribution in [3.8, 4) is 0 Å². The van der Waals surface area contributed by atoms with Crippen LogP contribution in [0.4, 0.5) is 0 Å². The Hall–Kier alpha value is -8.56. The summed E-state index contributed by atoms with van der Waals surface area (Å²) < 4.78 is 0. The van der Waals surface area contributed by atoms with Crippen LogP contribution in [0.3, 0.4) is 0 Å². The average Bonchev–Trinajstić information content (AvgIpc) is 1.61. The highest BCUT2D eigenvalue weighted by Gasteiger charge is 2.44. The number of carboxylic acid groups (broad SMARTS) is 4. The van der Waals surface area contributed by atoms with Gasteiger partial charge in [0.1, 0.15) is 66.5 Å². The standard InChI is InChI=1S/C56H92N14O18.C2H4O2/c1-27(2)42(52(83)63-33(14-9-10-22-57)48(79)62-34(18-20-39(58)71)49(80)65-36(56(87)88)26-41(74)75)67-53(84)43(28(3)4)66-50(81)38-17-13-25-70(38)55(86)44(29(5)6)68-51(82)37-16-12-24-69(37)54(85)35(19-21-40(72)73)64-46(77)31(8)60-45(76)30(7)61-47(78)32-15-11-23-59-32;1-2(3)4/h27-38,42-44,59H,9-26,57H2,1-8H3,(H2,58,71)(H,60,76)(H,61,78)(H,62,79)(H,63,83)(H,64,77)(H,65,80)(H,66,81)(H,67,84)(H,68,82)(H,72,73)(H,74,75)(H,87,88);1H3,(H,3,4)/t30-,31-,32-,33-,34-,35-,36-,37-,38-,42-,43-,44-;/m0./s1. The predicted molar refractivity (Wildman–Crippen MR) is 325 cm³/mol. The Morgan fingerprint density at radius 3 is 1.39 bits per heavy atom. The molecule has 0 unspecified atom stereocenters. The molecule has 0 radical (unpaired) electrons. The number of nitrogens with one attached hydrogen (secondary N) is 10. The highest BCUT2D eigenvalue weighted by Crippen LogP contribution is 2.24. The van der Waals surface area contributed by atoms with E-state index in [0.717, 1.165) is 13.3 Å². The molecule has 0 spiro atoms. The molecule has 3 aliphatic rings. The van der Waals surface area contributed by atoms with Crippen LogP contribution in [0.1, 0.15) is 152 Å². The van der Waals surface area contributed by atoms with Crippen molar-refractivity contribution >= 4 is 94.8 Å². The van der Waals surface area contributed by atoms with Crippen molar-refractivity contribution in [3.63, 3.8) is 0 Å². The van der Waals surface area contributed by atoms with Crippen molar-refractivity contribution in [1.29, 1.82) is 0 Å². The van der Waals surface area contributed by atoms with Crippen LogP contribution in [0.5, 0.6) is 0 Å². The second kappa shape index (κ2) is 39.0. The maximum atomic E-state index is 14.5. The lowest BCUT2D eigenvalue weighted by molar-refractivity contribution is -0.147. The second-order valence-electron chi connectivity index (χ2n) is 24.1. The molecule has 0 aromatic rings. The van der Waals surface area contributed by atoms with Gasteiger partial charge in [0.25, 0.3) is 5.97 Å². The van der Waals surface area contributed by atoms with Gasteiger partial charge in [0.05, 0.1) is 12.5 Å². The SMILES string of the molecule is CC(=O)O.CC(C)[C@H](NC(=O)[C@@H](NC(=O)[C@@H]1CCCN1C(=O)[C@@H](NC(=O)[C@@H]1CCCN1C(=O)[C@H](CCC(=O)O)NC(=O)[C@H](C)NC(=O)[C@H](C)NC(=O)[C@@H]1CCCN1)C(C)C)C(C)C)C(=O)N[C@@H](CCCCN)C(=O)N[C@@H](CCC(N)=O)C(=O)N[C@@H](CC(=O)O)C(=O)O. The van der Waals surface area contributed by atoms with E-state index in [-0.39, 0.29) is 57.6 Å². The summed E-state index contributed by atoms with van der Waals surface area (Å²) in [6, 6.07) is -15.3. The summed E-state index contributed by atoms with van der Waals surface area (Å²) in [4.78, 5) is 210. The number of nitrogens with two attached hydrogens (primary N) is 2. The second-order valence-corrected chi connectivity index (χ2v) is 24.1. The summed E-state index contributed by atoms with van der Waals surface area (Å²) in [5.41, 5.74) is 11.0. The molecule has 12 atom stereocenters. The van der Waals surface area contributed by atoms with E-state index in [2.05, 4.69) is 47.9 Å². The first kappa shape index (κ1) is 79.5. The van der Waals surface area contributed by atoms with Gasteiger partial charge in [-0.2, -0.15) is 0 Å². The Balaban J connectivity index is 0.00000699. The number of unbranched alkanes of at least 4 members (excludes halogenated alkanes) is 1. The number of nitrogens with zero attached hydrogens (tertiary/aromatic N) is 2. The first-order valence-electron chi connectivity index (χ1n) is 30.9. The van der Waals surface area contributed by atoms with Gasteiger partial charge in [-0.05, 0) is 115 Å². The molecule has 0 aromatic carbocycles. The van der Waals surface area contributed by atoms with Gasteiger partial charge in [0.2, 0.25) is 70.9 Å². The van der Waals surface area contributed by atoms with Crippen molar-refractivity contribution in [1.82, 2.24) is 63.0 Å². The van der Waals surface area contributed by atoms with Crippen molar-refractivity contribution in [2.24, 2.45) is 29.2 Å². The Labute approximate surface area is 533 Å². The van der Waals surface area contributed by atoms with Crippen molar-refractivity contribution in [3.05, 3.63) is 0 Å². The zero-order valence-corrected chi connectivity index (χ0v) is 53.8. The summed E-state index contributed by atoms with van der Waals surface area (Å²) in [5.74, 6) is -16.7. The molecule has 0 saturated carbocycles. The largest absolute Gasteiger partial charge is 0.481 e. The molecule has 518 valence electrons. The Kier molecular flexibility index (Phi) is 33.7. The number of aliphatic carboxylic acids is 4. The summed E-state index contributed by atoms with van der Waals surface area (Å²) >= 11 is 0. The Morgan fingerprint density at radius 2 is 0.913 bits per heavy atom. The quantitative estimate of drug-likeness (QED) is 0.0266. The van der Waals surface area contributed by atoms with Crippen LogP contribution in [-0.2, 0) is 76.7 Å². The minimum atomic E-state index is -1.91. The molecule has 3 saturated heterocycles. The van der Waals surface area contributed by atoms with Crippen LogP contribution in [0.15, 0.2) is 0 Å². The third-order valence-corrected chi connectivity index (χ3v) is 15.4. The number of carbonyl (C=O) groups excluding carboxylic acids is 12. The van der Waals surface area contributed by atoms with Gasteiger partial charge in [-0.25, -0.2) is 4.79 Å². The van der Waals surface area contributed by atoms with E-state index in [4.69, 9.17) is 26.5 Å². The predicted octanol–water partition coefficient (Wildman–Crippen LogP) is -4.00. The molecule has 92 heavy (non-hydrogen) atoms. The molecule has 3 heterocycles. The maximum absolute atomic E-state index is 14.5. The first-order chi connectivity index (χ1) is 43.0. The summed E-state index contributed by atoms with van der Waals surface area (Å²) in [7, 11) is 0. The minimum absolute atomic E-state index is 0.0337. The molecule has 12 amide bonds. The zero-order valence-electron chi connectivity index (χ0n) is 53.8. The number of rotatable bonds is 36. The van der Waals surface area contributed by atoms with Crippen LogP contribution < -0.4 is 64.6 Å². The van der Waals surface area contributed by atoms with E-state index in [1.165, 1.54) is 23.6 Å². The topological polar surface area (TPSA) is 533 Å². The minimum Gasteiger partial charge on any atom is -0.481 e. The molecule has 34 nitrogen and oxygen atoms in total. The number of likely N-dealkylation sites (tertiary alicyclic amines) is 2. The molecule has 18 N–H and O–H groups in total. The van der Waals surface area contributed by atoms with Gasteiger partial charge in [0, 0.05) is 32.9 Å². The van der Waals surface area contributed by atoms with Gasteiger partial charge < -0.3 is 94.9 Å². The van der Waals surface area contributed by atoms with Crippen molar-refractivity contribution in [2.75, 3.05) is 26.2 Å².